The zero-order valence-corrected chi connectivity index (χ0v) is 28.1. The highest BCUT2D eigenvalue weighted by Crippen LogP contribution is 2.14. The van der Waals surface area contributed by atoms with Gasteiger partial charge in [0.1, 0.15) is 6.54 Å². The molecule has 0 unspecified atom stereocenters. The maximum Gasteiger partial charge on any atom is 0.325 e. The predicted octanol–water partition coefficient (Wildman–Crippen LogP) is 4.35. The summed E-state index contributed by atoms with van der Waals surface area (Å²) in [6, 6.07) is 32.6. The molecule has 3 amide bonds. The maximum atomic E-state index is 13.0. The van der Waals surface area contributed by atoms with Gasteiger partial charge < -0.3 is 20.7 Å². The second-order valence-corrected chi connectivity index (χ2v) is 12.3. The molecule has 10 heteroatoms. The molecule has 0 radical (unpaired) electrons. The Morgan fingerprint density at radius 1 is 0.646 bits per heavy atom. The van der Waals surface area contributed by atoms with Crippen LogP contribution in [-0.4, -0.2) is 43.4 Å². The highest BCUT2D eigenvalue weighted by atomic mass is 32.2. The van der Waals surface area contributed by atoms with E-state index in [0.29, 0.717) is 25.3 Å². The van der Waals surface area contributed by atoms with Crippen LogP contribution in [-0.2, 0) is 62.0 Å². The molecule has 4 aromatic carbocycles. The Bertz CT molecular complexity index is 1680. The third-order valence-electron chi connectivity index (χ3n) is 7.47. The minimum Gasteiger partial charge on any atom is -0.468 e. The van der Waals surface area contributed by atoms with Gasteiger partial charge >= 0.3 is 5.97 Å². The SMILES string of the molecule is COC(=O)CNC(=O)[C@@H](Cc1cccc(CNC(=O)Cc2cccc(CC(=O)NCc3cccc(C)c3)c2)c1)NSCc1ccccc1. The van der Waals surface area contributed by atoms with Crippen molar-refractivity contribution in [3.63, 3.8) is 0 Å². The van der Waals surface area contributed by atoms with Crippen molar-refractivity contribution in [2.24, 2.45) is 0 Å². The highest BCUT2D eigenvalue weighted by Gasteiger charge is 2.20. The fourth-order valence-corrected chi connectivity index (χ4v) is 5.85. The van der Waals surface area contributed by atoms with Crippen LogP contribution in [0.25, 0.3) is 0 Å². The number of benzene rings is 4. The van der Waals surface area contributed by atoms with Crippen molar-refractivity contribution in [2.45, 2.75) is 51.1 Å². The molecule has 4 N–H and O–H groups in total. The molecular weight excluding hydrogens is 625 g/mol. The molecule has 0 saturated carbocycles. The molecule has 0 saturated heterocycles. The molecule has 4 aromatic rings. The van der Waals surface area contributed by atoms with E-state index >= 15 is 0 Å². The number of carbonyl (C=O) groups excluding carboxylic acids is 4. The Hall–Kier alpha value is -4.93. The molecule has 0 spiro atoms. The lowest BCUT2D eigenvalue weighted by Crippen LogP contribution is -2.45. The van der Waals surface area contributed by atoms with Crippen molar-refractivity contribution in [1.29, 1.82) is 0 Å². The lowest BCUT2D eigenvalue weighted by atomic mass is 10.0. The van der Waals surface area contributed by atoms with Crippen molar-refractivity contribution >= 4 is 35.6 Å². The molecule has 0 aromatic heterocycles. The number of hydrogen-bond donors (Lipinski definition) is 4. The number of rotatable bonds is 17. The van der Waals surface area contributed by atoms with Crippen LogP contribution in [0.1, 0.15) is 38.9 Å². The molecule has 0 bridgehead atoms. The molecule has 0 heterocycles. The van der Waals surface area contributed by atoms with Crippen LogP contribution in [0.15, 0.2) is 103 Å². The standard InChI is InChI=1S/C38H42N4O5S/c1-27-9-6-15-32(17-27)23-39-35(43)21-30-13-7-14-31(18-30)22-36(44)40-24-33-16-8-12-29(19-33)20-34(38(46)41-25-37(45)47-2)42-48-26-28-10-4-3-5-11-28/h3-19,34,42H,20-26H2,1-2H3,(H,39,43)(H,40,44)(H,41,46)/t34-/m1/s1. The van der Waals surface area contributed by atoms with Gasteiger partial charge in [-0.05, 0) is 46.7 Å². The van der Waals surface area contributed by atoms with Crippen molar-refractivity contribution in [3.8, 4) is 0 Å². The number of nitrogens with one attached hydrogen (secondary N) is 4. The van der Waals surface area contributed by atoms with E-state index in [0.717, 1.165) is 38.9 Å². The fraction of sp³-hybridized carbons (Fsp3) is 0.263. The third-order valence-corrected chi connectivity index (χ3v) is 8.40. The molecule has 4 rings (SSSR count). The number of hydrogen-bond acceptors (Lipinski definition) is 7. The van der Waals surface area contributed by atoms with E-state index in [-0.39, 0.29) is 37.1 Å². The lowest BCUT2D eigenvalue weighted by molar-refractivity contribution is -0.141. The first kappa shape index (κ1) is 35.9. The fourth-order valence-electron chi connectivity index (χ4n) is 5.01. The van der Waals surface area contributed by atoms with Gasteiger partial charge in [0.05, 0.1) is 26.0 Å². The van der Waals surface area contributed by atoms with Crippen LogP contribution < -0.4 is 20.7 Å². The lowest BCUT2D eigenvalue weighted by Gasteiger charge is -2.18. The van der Waals surface area contributed by atoms with Gasteiger partial charge in [-0.25, -0.2) is 0 Å². The number of methoxy groups -OCH3 is 1. The summed E-state index contributed by atoms with van der Waals surface area (Å²) in [4.78, 5) is 50.0. The van der Waals surface area contributed by atoms with Gasteiger partial charge in [-0.2, -0.15) is 0 Å². The summed E-state index contributed by atoms with van der Waals surface area (Å²) < 4.78 is 7.90. The molecule has 1 atom stereocenters. The van der Waals surface area contributed by atoms with E-state index < -0.39 is 12.0 Å². The van der Waals surface area contributed by atoms with Gasteiger partial charge in [0.15, 0.2) is 0 Å². The quantitative estimate of drug-likeness (QED) is 0.0976. The number of amides is 3. The van der Waals surface area contributed by atoms with Gasteiger partial charge in [-0.1, -0.05) is 121 Å². The third kappa shape index (κ3) is 12.7. The van der Waals surface area contributed by atoms with E-state index in [9.17, 15) is 19.2 Å². The van der Waals surface area contributed by atoms with E-state index in [1.165, 1.54) is 19.1 Å². The van der Waals surface area contributed by atoms with Crippen molar-refractivity contribution in [2.75, 3.05) is 13.7 Å². The van der Waals surface area contributed by atoms with Crippen LogP contribution in [0.4, 0.5) is 0 Å². The van der Waals surface area contributed by atoms with Crippen LogP contribution >= 0.6 is 11.9 Å². The topological polar surface area (TPSA) is 126 Å². The summed E-state index contributed by atoms with van der Waals surface area (Å²) in [5.74, 6) is -0.391. The van der Waals surface area contributed by atoms with Crippen LogP contribution in [0.5, 0.6) is 0 Å². The molecule has 0 aliphatic carbocycles. The normalized spacial score (nSPS) is 11.3. The summed E-state index contributed by atoms with van der Waals surface area (Å²) in [6.07, 6.45) is 0.792. The largest absolute Gasteiger partial charge is 0.468 e. The molecule has 0 aliphatic rings. The summed E-state index contributed by atoms with van der Waals surface area (Å²) in [7, 11) is 1.27. The second kappa shape index (κ2) is 19.0. The van der Waals surface area contributed by atoms with Gasteiger partial charge in [-0.15, -0.1) is 0 Å². The highest BCUT2D eigenvalue weighted by molar-refractivity contribution is 7.96. The number of carbonyl (C=O) groups is 4. The predicted molar refractivity (Wildman–Crippen MR) is 189 cm³/mol. The van der Waals surface area contributed by atoms with E-state index in [1.807, 2.05) is 110 Å². The first-order chi connectivity index (χ1) is 23.3. The Kier molecular flexibility index (Phi) is 14.2. The molecule has 9 nitrogen and oxygen atoms in total. The number of esters is 1. The van der Waals surface area contributed by atoms with E-state index in [2.05, 4.69) is 25.4 Å². The summed E-state index contributed by atoms with van der Waals surface area (Å²) in [5.41, 5.74) is 6.78. The maximum absolute atomic E-state index is 13.0. The van der Waals surface area contributed by atoms with Crippen LogP contribution in [0, 0.1) is 6.92 Å². The van der Waals surface area contributed by atoms with Gasteiger partial charge in [0, 0.05) is 18.8 Å². The summed E-state index contributed by atoms with van der Waals surface area (Å²) in [6.45, 7) is 2.60. The zero-order valence-electron chi connectivity index (χ0n) is 27.3. The van der Waals surface area contributed by atoms with Crippen molar-refractivity contribution in [1.82, 2.24) is 20.7 Å². The second-order valence-electron chi connectivity index (χ2n) is 11.5. The van der Waals surface area contributed by atoms with Crippen LogP contribution in [0.2, 0.25) is 0 Å². The van der Waals surface area contributed by atoms with Gasteiger partial charge in [0.25, 0.3) is 0 Å². The zero-order chi connectivity index (χ0) is 34.1. The van der Waals surface area contributed by atoms with E-state index in [4.69, 9.17) is 0 Å². The van der Waals surface area contributed by atoms with Crippen molar-refractivity contribution < 1.29 is 23.9 Å². The Labute approximate surface area is 286 Å². The Balaban J connectivity index is 1.28. The molecular formula is C38H42N4O5S. The number of ether oxygens (including phenoxy) is 1. The summed E-state index contributed by atoms with van der Waals surface area (Å²) >= 11 is 1.42. The molecule has 250 valence electrons. The van der Waals surface area contributed by atoms with Gasteiger partial charge in [-0.3, -0.25) is 23.9 Å². The Morgan fingerprint density at radius 3 is 1.81 bits per heavy atom. The molecule has 0 aliphatic heterocycles. The van der Waals surface area contributed by atoms with Crippen LogP contribution in [0.3, 0.4) is 0 Å². The summed E-state index contributed by atoms with van der Waals surface area (Å²) in [5, 5.41) is 8.58. The van der Waals surface area contributed by atoms with Gasteiger partial charge in [0.2, 0.25) is 17.7 Å². The molecule has 48 heavy (non-hydrogen) atoms. The average molecular weight is 667 g/mol. The smallest absolute Gasteiger partial charge is 0.325 e. The minimum absolute atomic E-state index is 0.0776. The first-order valence-electron chi connectivity index (χ1n) is 15.8. The number of aryl methyl sites for hydroxylation is 1. The monoisotopic (exact) mass is 666 g/mol. The minimum atomic E-state index is -0.606. The average Bonchev–Trinajstić information content (AvgIpc) is 3.09. The Morgan fingerprint density at radius 2 is 1.19 bits per heavy atom. The molecule has 0 fully saturated rings. The van der Waals surface area contributed by atoms with Crippen molar-refractivity contribution in [3.05, 3.63) is 142 Å². The first-order valence-corrected chi connectivity index (χ1v) is 16.8. The van der Waals surface area contributed by atoms with E-state index in [1.54, 1.807) is 0 Å².